The fourth-order valence-electron chi connectivity index (χ4n) is 3.27. The van der Waals surface area contributed by atoms with Gasteiger partial charge in [-0.2, -0.15) is 5.10 Å². The zero-order chi connectivity index (χ0) is 17.4. The molecule has 1 aliphatic heterocycles. The van der Waals surface area contributed by atoms with E-state index in [1.54, 1.807) is 21.5 Å². The number of aromatic nitrogens is 5. The van der Waals surface area contributed by atoms with Crippen molar-refractivity contribution in [2.24, 2.45) is 5.92 Å². The average molecular weight is 356 g/mol. The van der Waals surface area contributed by atoms with Gasteiger partial charge in [0.15, 0.2) is 5.82 Å². The first-order valence-corrected chi connectivity index (χ1v) is 9.14. The molecule has 3 aromatic heterocycles. The molecule has 7 nitrogen and oxygen atoms in total. The number of hydrogen-bond donors (Lipinski definition) is 0. The topological polar surface area (TPSA) is 68.8 Å². The Labute approximate surface area is 149 Å². The number of nitrogens with zero attached hydrogens (tertiary/aromatic N) is 6. The van der Waals surface area contributed by atoms with E-state index in [0.29, 0.717) is 18.3 Å². The standard InChI is InChI=1S/C17H20N6OS/c1-12-5-13(2)23(19-12)16-3-4-17(24)22(20-16)10-15-8-21(9-15)7-14-6-18-25-11-14/h3-6,11,15H,7-10H2,1-2H3. The maximum Gasteiger partial charge on any atom is 0.266 e. The van der Waals surface area contributed by atoms with Gasteiger partial charge in [0.1, 0.15) is 0 Å². The molecule has 0 radical (unpaired) electrons. The molecule has 0 amide bonds. The van der Waals surface area contributed by atoms with E-state index in [9.17, 15) is 4.79 Å². The molecular formula is C17H20N6OS. The minimum absolute atomic E-state index is 0.0641. The Balaban J connectivity index is 1.44. The van der Waals surface area contributed by atoms with E-state index in [-0.39, 0.29) is 5.56 Å². The summed E-state index contributed by atoms with van der Waals surface area (Å²) in [5, 5.41) is 11.0. The fraction of sp³-hybridized carbons (Fsp3) is 0.412. The van der Waals surface area contributed by atoms with Crippen molar-refractivity contribution in [1.82, 2.24) is 28.8 Å². The van der Waals surface area contributed by atoms with E-state index in [1.807, 2.05) is 26.1 Å². The predicted molar refractivity (Wildman–Crippen MR) is 96.0 cm³/mol. The van der Waals surface area contributed by atoms with Crippen LogP contribution in [0.2, 0.25) is 0 Å². The molecule has 1 fully saturated rings. The van der Waals surface area contributed by atoms with Crippen LogP contribution in [0.4, 0.5) is 0 Å². The monoisotopic (exact) mass is 356 g/mol. The Morgan fingerprint density at radius 3 is 2.76 bits per heavy atom. The predicted octanol–water partition coefficient (Wildman–Crippen LogP) is 1.63. The van der Waals surface area contributed by atoms with E-state index in [1.165, 1.54) is 17.1 Å². The molecule has 8 heteroatoms. The molecule has 0 unspecified atom stereocenters. The zero-order valence-electron chi connectivity index (χ0n) is 14.3. The molecule has 0 bridgehead atoms. The van der Waals surface area contributed by atoms with Crippen molar-refractivity contribution in [1.29, 1.82) is 0 Å². The van der Waals surface area contributed by atoms with Crippen LogP contribution in [0.15, 0.2) is 34.6 Å². The lowest BCUT2D eigenvalue weighted by molar-refractivity contribution is 0.0767. The van der Waals surface area contributed by atoms with Crippen molar-refractivity contribution in [2.45, 2.75) is 26.9 Å². The van der Waals surface area contributed by atoms with Crippen LogP contribution in [-0.4, -0.2) is 41.9 Å². The van der Waals surface area contributed by atoms with Gasteiger partial charge in [-0.1, -0.05) is 0 Å². The molecule has 3 aromatic rings. The summed E-state index contributed by atoms with van der Waals surface area (Å²) in [6.07, 6.45) is 1.92. The molecule has 0 spiro atoms. The van der Waals surface area contributed by atoms with Gasteiger partial charge in [0.25, 0.3) is 5.56 Å². The molecule has 130 valence electrons. The van der Waals surface area contributed by atoms with Gasteiger partial charge in [-0.25, -0.2) is 13.7 Å². The van der Waals surface area contributed by atoms with Gasteiger partial charge in [-0.15, -0.1) is 5.10 Å². The van der Waals surface area contributed by atoms with Crippen LogP contribution >= 0.6 is 11.5 Å². The lowest BCUT2D eigenvalue weighted by atomic mass is 10.00. The van der Waals surface area contributed by atoms with Crippen molar-refractivity contribution < 1.29 is 0 Å². The van der Waals surface area contributed by atoms with Crippen molar-refractivity contribution in [2.75, 3.05) is 13.1 Å². The van der Waals surface area contributed by atoms with Crippen LogP contribution < -0.4 is 5.56 Å². The van der Waals surface area contributed by atoms with Gasteiger partial charge in [0, 0.05) is 48.9 Å². The van der Waals surface area contributed by atoms with Crippen molar-refractivity contribution >= 4 is 11.5 Å². The lowest BCUT2D eigenvalue weighted by Crippen LogP contribution is -2.48. The summed E-state index contributed by atoms with van der Waals surface area (Å²) in [5.74, 6) is 1.14. The normalized spacial score (nSPS) is 15.4. The Kier molecular flexibility index (Phi) is 4.22. The average Bonchev–Trinajstić information content (AvgIpc) is 3.16. The second-order valence-electron chi connectivity index (χ2n) is 6.64. The van der Waals surface area contributed by atoms with E-state index < -0.39 is 0 Å². The van der Waals surface area contributed by atoms with Crippen LogP contribution in [0.25, 0.3) is 5.82 Å². The molecule has 4 heterocycles. The van der Waals surface area contributed by atoms with Gasteiger partial charge in [0.05, 0.1) is 12.2 Å². The van der Waals surface area contributed by atoms with E-state index in [4.69, 9.17) is 0 Å². The SMILES string of the molecule is Cc1cc(C)n(-c2ccc(=O)n(CC3CN(Cc4cnsc4)C3)n2)n1. The molecular weight excluding hydrogens is 336 g/mol. The second-order valence-corrected chi connectivity index (χ2v) is 7.30. The maximum atomic E-state index is 12.2. The van der Waals surface area contributed by atoms with Crippen LogP contribution in [0.1, 0.15) is 17.0 Å². The van der Waals surface area contributed by atoms with Gasteiger partial charge in [-0.05, 0) is 43.1 Å². The van der Waals surface area contributed by atoms with Gasteiger partial charge < -0.3 is 0 Å². The highest BCUT2D eigenvalue weighted by atomic mass is 32.1. The quantitative estimate of drug-likeness (QED) is 0.695. The lowest BCUT2D eigenvalue weighted by Gasteiger charge is -2.39. The molecule has 1 aliphatic rings. The first kappa shape index (κ1) is 16.2. The van der Waals surface area contributed by atoms with Gasteiger partial charge in [-0.3, -0.25) is 9.69 Å². The first-order chi connectivity index (χ1) is 12.1. The summed E-state index contributed by atoms with van der Waals surface area (Å²) in [7, 11) is 0. The fourth-order valence-corrected chi connectivity index (χ4v) is 3.80. The van der Waals surface area contributed by atoms with E-state index in [2.05, 4.69) is 24.9 Å². The smallest absolute Gasteiger partial charge is 0.266 e. The number of hydrogen-bond acceptors (Lipinski definition) is 6. The van der Waals surface area contributed by atoms with Crippen molar-refractivity contribution in [3.05, 3.63) is 57.1 Å². The van der Waals surface area contributed by atoms with Gasteiger partial charge in [0.2, 0.25) is 0 Å². The van der Waals surface area contributed by atoms with Crippen LogP contribution in [0.5, 0.6) is 0 Å². The highest BCUT2D eigenvalue weighted by Crippen LogP contribution is 2.20. The van der Waals surface area contributed by atoms with E-state index in [0.717, 1.165) is 31.0 Å². The third-order valence-corrected chi connectivity index (χ3v) is 5.07. The summed E-state index contributed by atoms with van der Waals surface area (Å²) in [6.45, 7) is 7.47. The largest absolute Gasteiger partial charge is 0.298 e. The minimum Gasteiger partial charge on any atom is -0.298 e. The van der Waals surface area contributed by atoms with Gasteiger partial charge >= 0.3 is 0 Å². The van der Waals surface area contributed by atoms with Crippen LogP contribution in [0.3, 0.4) is 0 Å². The summed E-state index contributed by atoms with van der Waals surface area (Å²) < 4.78 is 7.48. The Hall–Kier alpha value is -2.32. The molecule has 0 atom stereocenters. The Morgan fingerprint density at radius 1 is 1.24 bits per heavy atom. The van der Waals surface area contributed by atoms with Crippen LogP contribution in [-0.2, 0) is 13.1 Å². The molecule has 1 saturated heterocycles. The van der Waals surface area contributed by atoms with Crippen LogP contribution in [0, 0.1) is 19.8 Å². The Bertz CT molecular complexity index is 923. The van der Waals surface area contributed by atoms with Crippen molar-refractivity contribution in [3.63, 3.8) is 0 Å². The molecule has 0 N–H and O–H groups in total. The number of rotatable bonds is 5. The number of likely N-dealkylation sites (tertiary alicyclic amines) is 1. The molecule has 25 heavy (non-hydrogen) atoms. The summed E-state index contributed by atoms with van der Waals surface area (Å²) in [4.78, 5) is 14.5. The summed E-state index contributed by atoms with van der Waals surface area (Å²) in [6, 6.07) is 5.31. The molecule has 0 saturated carbocycles. The Morgan fingerprint density at radius 2 is 2.08 bits per heavy atom. The molecule has 4 rings (SSSR count). The summed E-state index contributed by atoms with van der Waals surface area (Å²) >= 11 is 1.48. The number of aryl methyl sites for hydroxylation is 2. The molecule has 0 aliphatic carbocycles. The van der Waals surface area contributed by atoms with E-state index >= 15 is 0 Å². The highest BCUT2D eigenvalue weighted by Gasteiger charge is 2.27. The third kappa shape index (κ3) is 3.40. The third-order valence-electron chi connectivity index (χ3n) is 4.43. The minimum atomic E-state index is -0.0641. The molecule has 0 aromatic carbocycles. The second kappa shape index (κ2) is 6.53. The highest BCUT2D eigenvalue weighted by molar-refractivity contribution is 7.03. The first-order valence-electron chi connectivity index (χ1n) is 8.31. The van der Waals surface area contributed by atoms with Crippen molar-refractivity contribution in [3.8, 4) is 5.82 Å². The summed E-state index contributed by atoms with van der Waals surface area (Å²) in [5.41, 5.74) is 3.14. The zero-order valence-corrected chi connectivity index (χ0v) is 15.1. The maximum absolute atomic E-state index is 12.2.